The molecule has 2 atom stereocenters. The summed E-state index contributed by atoms with van der Waals surface area (Å²) in [6.07, 6.45) is 7.90. The average Bonchev–Trinajstić information content (AvgIpc) is 3.18. The van der Waals surface area contributed by atoms with Gasteiger partial charge in [-0.05, 0) is 44.1 Å². The fourth-order valence-corrected chi connectivity index (χ4v) is 3.72. The predicted octanol–water partition coefficient (Wildman–Crippen LogP) is -0.365. The first kappa shape index (κ1) is 17.9. The molecular weight excluding hydrogens is 374 g/mol. The van der Waals surface area contributed by atoms with Crippen molar-refractivity contribution in [2.24, 2.45) is 10.9 Å². The van der Waals surface area contributed by atoms with Crippen molar-refractivity contribution in [1.29, 1.82) is 0 Å². The zero-order valence-electron chi connectivity index (χ0n) is 15.8. The smallest absolute Gasteiger partial charge is 0.326 e. The van der Waals surface area contributed by atoms with E-state index >= 15 is 0 Å². The number of imidazole rings is 1. The van der Waals surface area contributed by atoms with Crippen LogP contribution in [0, 0.1) is 5.92 Å². The van der Waals surface area contributed by atoms with Gasteiger partial charge in [0.2, 0.25) is 5.88 Å². The minimum absolute atomic E-state index is 0.0401. The highest BCUT2D eigenvalue weighted by Crippen LogP contribution is 2.28. The third kappa shape index (κ3) is 3.63. The molecule has 152 valence electrons. The summed E-state index contributed by atoms with van der Waals surface area (Å²) < 4.78 is 1.66. The lowest BCUT2D eigenvalue weighted by Gasteiger charge is -2.17. The quantitative estimate of drug-likeness (QED) is 0.398. The molecule has 2 fully saturated rings. The summed E-state index contributed by atoms with van der Waals surface area (Å²) in [6.45, 7) is 0.745. The van der Waals surface area contributed by atoms with Gasteiger partial charge >= 0.3 is 5.69 Å². The van der Waals surface area contributed by atoms with Crippen molar-refractivity contribution in [2.45, 2.75) is 44.2 Å². The fourth-order valence-electron chi connectivity index (χ4n) is 3.72. The summed E-state index contributed by atoms with van der Waals surface area (Å²) in [5.74, 6) is 1.02. The molecule has 0 aliphatic heterocycles. The second kappa shape index (κ2) is 7.03. The van der Waals surface area contributed by atoms with Crippen molar-refractivity contribution in [3.05, 3.63) is 39.1 Å². The van der Waals surface area contributed by atoms with E-state index < -0.39 is 11.8 Å². The Morgan fingerprint density at radius 3 is 2.86 bits per heavy atom. The van der Waals surface area contributed by atoms with Crippen LogP contribution in [0.1, 0.15) is 37.8 Å². The van der Waals surface area contributed by atoms with E-state index in [1.807, 2.05) is 6.07 Å². The van der Waals surface area contributed by atoms with Gasteiger partial charge in [-0.2, -0.15) is 9.61 Å². The number of aliphatic hydroxyl groups is 1. The number of anilines is 1. The number of aliphatic hydroxyl groups excluding tert-OH is 1. The zero-order valence-corrected chi connectivity index (χ0v) is 15.8. The third-order valence-electron chi connectivity index (χ3n) is 5.54. The summed E-state index contributed by atoms with van der Waals surface area (Å²) in [4.78, 5) is 25.6. The highest BCUT2D eigenvalue weighted by Gasteiger charge is 2.25. The lowest BCUT2D eigenvalue weighted by Crippen LogP contribution is -2.30. The van der Waals surface area contributed by atoms with Crippen molar-refractivity contribution in [2.75, 3.05) is 11.9 Å². The molecule has 0 amide bonds. The van der Waals surface area contributed by atoms with Crippen LogP contribution in [0.2, 0.25) is 0 Å². The summed E-state index contributed by atoms with van der Waals surface area (Å²) in [5.41, 5.74) is 1.01. The van der Waals surface area contributed by atoms with Crippen LogP contribution in [0.3, 0.4) is 0 Å². The van der Waals surface area contributed by atoms with Crippen LogP contribution in [0.4, 0.5) is 5.82 Å². The molecular formula is C19H23N7O3. The number of aromatic nitrogens is 5. The number of nitrogens with zero attached hydrogens (tertiary/aromatic N) is 4. The Morgan fingerprint density at radius 2 is 2.17 bits per heavy atom. The maximum absolute atomic E-state index is 11.4. The molecule has 5 N–H and O–H groups in total. The molecule has 0 radical (unpaired) electrons. The monoisotopic (exact) mass is 397 g/mol. The number of H-pyrrole nitrogens is 2. The lowest BCUT2D eigenvalue weighted by molar-refractivity contribution is 0.171. The largest absolute Gasteiger partial charge is 0.493 e. The lowest BCUT2D eigenvalue weighted by atomic mass is 10.2. The van der Waals surface area contributed by atoms with E-state index in [-0.39, 0.29) is 17.6 Å². The minimum Gasteiger partial charge on any atom is -0.493 e. The van der Waals surface area contributed by atoms with Gasteiger partial charge in [0.1, 0.15) is 11.5 Å². The van der Waals surface area contributed by atoms with Gasteiger partial charge in [-0.1, -0.05) is 0 Å². The molecule has 3 aromatic rings. The van der Waals surface area contributed by atoms with E-state index in [9.17, 15) is 15.0 Å². The Hall–Kier alpha value is -3.14. The Balaban J connectivity index is 1.62. The molecule has 3 aromatic heterocycles. The van der Waals surface area contributed by atoms with E-state index in [0.717, 1.165) is 25.8 Å². The number of aromatic hydroxyl groups is 1. The SMILES string of the molecule is O=c1[nH]c(O)c(C=c2cnn3c(=NCC4CC4)cc(NC4CCC[C@@H]4O)nc23)[nH]1. The van der Waals surface area contributed by atoms with Crippen molar-refractivity contribution in [3.63, 3.8) is 0 Å². The van der Waals surface area contributed by atoms with Crippen molar-refractivity contribution < 1.29 is 10.2 Å². The van der Waals surface area contributed by atoms with E-state index in [2.05, 4.69) is 25.4 Å². The molecule has 0 saturated heterocycles. The summed E-state index contributed by atoms with van der Waals surface area (Å²) >= 11 is 0. The Morgan fingerprint density at radius 1 is 1.31 bits per heavy atom. The highest BCUT2D eigenvalue weighted by molar-refractivity contribution is 5.58. The van der Waals surface area contributed by atoms with Crippen LogP contribution >= 0.6 is 0 Å². The molecule has 5 rings (SSSR count). The standard InChI is InChI=1S/C19H23N7O3/c27-14-3-1-2-12(14)22-15-7-16(20-8-10-4-5-10)26-17(24-15)11(9-21-26)6-13-18(28)25-19(29)23-13/h6-7,9-10,12,14,22,27-28H,1-5,8H2,(H2,23,25,29)/t12?,14-/m0/s1. The minimum atomic E-state index is -0.490. The fraction of sp³-hybridized carbons (Fsp3) is 0.474. The molecule has 2 aliphatic carbocycles. The maximum Gasteiger partial charge on any atom is 0.326 e. The van der Waals surface area contributed by atoms with E-state index in [1.165, 1.54) is 12.8 Å². The van der Waals surface area contributed by atoms with Gasteiger partial charge in [-0.3, -0.25) is 9.98 Å². The van der Waals surface area contributed by atoms with Crippen LogP contribution in [0.15, 0.2) is 22.1 Å². The van der Waals surface area contributed by atoms with E-state index in [0.29, 0.717) is 28.1 Å². The molecule has 0 aromatic carbocycles. The van der Waals surface area contributed by atoms with Crippen LogP contribution in [-0.2, 0) is 0 Å². The van der Waals surface area contributed by atoms with Gasteiger partial charge < -0.3 is 20.5 Å². The molecule has 10 heteroatoms. The number of rotatable bonds is 5. The van der Waals surface area contributed by atoms with Gasteiger partial charge in [-0.15, -0.1) is 0 Å². The predicted molar refractivity (Wildman–Crippen MR) is 105 cm³/mol. The first-order valence-corrected chi connectivity index (χ1v) is 9.94. The van der Waals surface area contributed by atoms with Crippen molar-refractivity contribution >= 4 is 17.5 Å². The second-order valence-corrected chi connectivity index (χ2v) is 7.85. The van der Waals surface area contributed by atoms with Crippen LogP contribution in [-0.4, -0.2) is 53.5 Å². The van der Waals surface area contributed by atoms with Crippen LogP contribution < -0.4 is 21.7 Å². The van der Waals surface area contributed by atoms with Crippen molar-refractivity contribution in [3.8, 4) is 5.88 Å². The van der Waals surface area contributed by atoms with Crippen LogP contribution in [0.5, 0.6) is 5.88 Å². The molecule has 10 nitrogen and oxygen atoms in total. The second-order valence-electron chi connectivity index (χ2n) is 7.85. The van der Waals surface area contributed by atoms with Gasteiger partial charge in [0.25, 0.3) is 0 Å². The van der Waals surface area contributed by atoms with Gasteiger partial charge in [0, 0.05) is 17.8 Å². The molecule has 3 heterocycles. The van der Waals surface area contributed by atoms with Crippen LogP contribution in [0.25, 0.3) is 11.7 Å². The normalized spacial score (nSPS) is 23.3. The van der Waals surface area contributed by atoms with Crippen molar-refractivity contribution in [1.82, 2.24) is 24.6 Å². The Bertz CT molecular complexity index is 1220. The number of hydrogen-bond acceptors (Lipinski definition) is 7. The summed E-state index contributed by atoms with van der Waals surface area (Å²) in [6, 6.07) is 1.81. The number of aromatic amines is 2. The van der Waals surface area contributed by atoms with E-state index in [1.54, 1.807) is 16.8 Å². The highest BCUT2D eigenvalue weighted by atomic mass is 16.3. The Kier molecular flexibility index (Phi) is 4.35. The molecule has 29 heavy (non-hydrogen) atoms. The first-order valence-electron chi connectivity index (χ1n) is 9.94. The van der Waals surface area contributed by atoms with Gasteiger partial charge in [0.05, 0.1) is 18.3 Å². The van der Waals surface area contributed by atoms with E-state index in [4.69, 9.17) is 4.99 Å². The number of fused-ring (bicyclic) bond motifs is 1. The van der Waals surface area contributed by atoms with Gasteiger partial charge in [-0.25, -0.2) is 9.78 Å². The molecule has 0 bridgehead atoms. The summed E-state index contributed by atoms with van der Waals surface area (Å²) in [5, 5.41) is 28.4. The molecule has 2 saturated carbocycles. The Labute approximate surface area is 165 Å². The maximum atomic E-state index is 11.4. The third-order valence-corrected chi connectivity index (χ3v) is 5.54. The topological polar surface area (TPSA) is 144 Å². The molecule has 0 spiro atoms. The molecule has 2 aliphatic rings. The first-order chi connectivity index (χ1) is 14.1. The number of nitrogens with one attached hydrogen (secondary N) is 3. The van der Waals surface area contributed by atoms with Gasteiger partial charge in [0.15, 0.2) is 11.1 Å². The average molecular weight is 397 g/mol. The molecule has 1 unspecified atom stereocenters. The number of hydrogen-bond donors (Lipinski definition) is 5. The zero-order chi connectivity index (χ0) is 20.0. The summed E-state index contributed by atoms with van der Waals surface area (Å²) in [7, 11) is 0.